The van der Waals surface area contributed by atoms with E-state index in [1.807, 2.05) is 48.9 Å². The minimum absolute atomic E-state index is 0.0622. The number of piperidine rings is 1. The monoisotopic (exact) mass is 877 g/mol. The number of carboxylic acid groups (broad SMARTS) is 1. The third-order valence-electron chi connectivity index (χ3n) is 12.0. The molecule has 9 rings (SSSR count). The summed E-state index contributed by atoms with van der Waals surface area (Å²) in [5, 5.41) is 51.4. The summed E-state index contributed by atoms with van der Waals surface area (Å²) >= 11 is 0. The number of esters is 1. The number of nitrogens with one attached hydrogen (secondary N) is 1. The molecule has 62 heavy (non-hydrogen) atoms. The molecule has 0 radical (unpaired) electrons. The average molecular weight is 878 g/mol. The number of phenols is 1. The Morgan fingerprint density at radius 1 is 1.06 bits per heavy atom. The highest BCUT2D eigenvalue weighted by Crippen LogP contribution is 2.48. The summed E-state index contributed by atoms with van der Waals surface area (Å²) in [6, 6.07) is 14.3. The number of rotatable bonds is 13. The van der Waals surface area contributed by atoms with Gasteiger partial charge in [0.25, 0.3) is 0 Å². The number of likely N-dealkylation sites (N-methyl/N-ethyl adjacent to an activating group) is 1. The zero-order chi connectivity index (χ0) is 44.2. The number of aliphatic carboxylic acids is 1. The molecule has 4 saturated heterocycles. The molecule has 334 valence electrons. The number of carbonyl (C=O) groups excluding carboxylic acids is 2. The van der Waals surface area contributed by atoms with Crippen molar-refractivity contribution in [1.29, 1.82) is 0 Å². The van der Waals surface area contributed by atoms with Crippen molar-refractivity contribution in [3.8, 4) is 5.75 Å². The van der Waals surface area contributed by atoms with Crippen LogP contribution in [0, 0.1) is 0 Å². The Kier molecular flexibility index (Phi) is 14.3. The van der Waals surface area contributed by atoms with Crippen LogP contribution >= 0.6 is 0 Å². The molecule has 4 fully saturated rings. The van der Waals surface area contributed by atoms with Crippen molar-refractivity contribution in [3.05, 3.63) is 78.5 Å². The fourth-order valence-electron chi connectivity index (χ4n) is 8.54. The van der Waals surface area contributed by atoms with Gasteiger partial charge in [-0.1, -0.05) is 30.3 Å². The van der Waals surface area contributed by atoms with Crippen LogP contribution in [0.3, 0.4) is 0 Å². The molecule has 5 aromatic rings. The summed E-state index contributed by atoms with van der Waals surface area (Å²) in [5.41, 5.74) is 20.5. The fraction of sp³-hybridized carbons (Fsp3) is 0.500. The molecule has 0 spiro atoms. The zero-order valence-electron chi connectivity index (χ0n) is 34.5. The van der Waals surface area contributed by atoms with Crippen molar-refractivity contribution >= 4 is 50.7 Å². The second kappa shape index (κ2) is 19.7. The van der Waals surface area contributed by atoms with E-state index in [1.165, 1.54) is 17.2 Å². The molecular weight excluding hydrogens is 823 g/mol. The van der Waals surface area contributed by atoms with Gasteiger partial charge in [-0.25, -0.2) is 15.0 Å². The first kappa shape index (κ1) is 45.1. The van der Waals surface area contributed by atoms with E-state index in [9.17, 15) is 35.1 Å². The molecule has 3 unspecified atom stereocenters. The Labute approximate surface area is 360 Å². The summed E-state index contributed by atoms with van der Waals surface area (Å²) in [4.78, 5) is 40.7. The number of hydrogen-bond acceptors (Lipinski definition) is 17. The topological polar surface area (TPSA) is 310 Å². The number of benzene rings is 2. The maximum atomic E-state index is 12.4. The molecule has 0 aliphatic carbocycles. The Bertz CT molecular complexity index is 2280. The molecule has 19 nitrogen and oxygen atoms in total. The number of phenolic OH excluding ortho intramolecular Hbond substituents is 1. The maximum absolute atomic E-state index is 12.4. The van der Waals surface area contributed by atoms with Crippen LogP contribution in [-0.4, -0.2) is 154 Å². The molecule has 2 bridgehead atoms. The van der Waals surface area contributed by atoms with Crippen LogP contribution in [0.1, 0.15) is 42.5 Å². The van der Waals surface area contributed by atoms with Crippen LogP contribution in [-0.2, 0) is 41.1 Å². The van der Waals surface area contributed by atoms with E-state index in [1.54, 1.807) is 12.1 Å². The minimum atomic E-state index is -1.28. The third kappa shape index (κ3) is 9.83. The van der Waals surface area contributed by atoms with Crippen molar-refractivity contribution in [2.24, 2.45) is 11.5 Å². The lowest BCUT2D eigenvalue weighted by Gasteiger charge is -2.38. The number of aliphatic hydroxyl groups is 3. The molecule has 2 aromatic carbocycles. The average Bonchev–Trinajstić information content (AvgIpc) is 3.57. The van der Waals surface area contributed by atoms with E-state index in [-0.39, 0.29) is 41.8 Å². The first-order valence-corrected chi connectivity index (χ1v) is 22.5. The number of fused-ring (bicyclic) bond motifs is 7. The van der Waals surface area contributed by atoms with Gasteiger partial charge in [-0.05, 0) is 60.2 Å². The standard InChI is InChI=1S/C17H21NO4.C15H22N6O5S.C10H12N2O/c1-18-13-7-11(8-14(18)16-15(13)22-16)21-17(20)12(9-19)10-5-3-2-4-6-10;1-27(3-2-7(16)15(24)25)4-8-10(22)11(23)14(26-8)21-6-20-9-12(17)18-5-19-13(9)21;11-4-3-7-6-12-10-2-1-8(13)5-9(7)10/h2-6,11-16,19H,7-9H2,1H3;5-8,10-11,14,22-23H,2-4,16H2,1H3,(H2-,17,18,19,24,25);1-2,5-6,12-13H,3-4,11H2/t11?,12-,13-,14+,15-,16+;7?,8-,10-,11-,14-,27?;/m11./s1. The van der Waals surface area contributed by atoms with Crippen LogP contribution in [0.25, 0.3) is 22.1 Å². The molecule has 12 atom stereocenters. The SMILES string of the molecule is CN1[C@@H]2CC(OC(=O)[C@H](CO)c3ccccc3)C[C@H]1[C@@H]1O[C@@H]12.C[S+](CCC(N)C(=O)[O-])C[C@H]1O[C@@H](n2cnc3c(N)ncnc32)[C@H](O)[C@@H]1O.NCCc1c[nH]c2ccc(O)cc12. The number of H-pyrrole nitrogens is 1. The van der Waals surface area contributed by atoms with Gasteiger partial charge in [0.1, 0.15) is 71.6 Å². The number of nitrogens with zero attached hydrogens (tertiary/aromatic N) is 5. The fourth-order valence-corrected chi connectivity index (χ4v) is 10.2. The van der Waals surface area contributed by atoms with Gasteiger partial charge in [-0.15, -0.1) is 0 Å². The van der Waals surface area contributed by atoms with Crippen LogP contribution in [0.5, 0.6) is 5.75 Å². The van der Waals surface area contributed by atoms with Crippen molar-refractivity contribution in [2.45, 2.75) is 92.6 Å². The number of nitrogens with two attached hydrogens (primary N) is 3. The number of imidazole rings is 1. The van der Waals surface area contributed by atoms with Gasteiger partial charge in [0, 0.05) is 54.5 Å². The van der Waals surface area contributed by atoms with Gasteiger partial charge in [0.2, 0.25) is 0 Å². The van der Waals surface area contributed by atoms with Crippen molar-refractivity contribution in [1.82, 2.24) is 29.4 Å². The van der Waals surface area contributed by atoms with Crippen LogP contribution in [0.4, 0.5) is 5.82 Å². The minimum Gasteiger partial charge on any atom is -0.548 e. The van der Waals surface area contributed by atoms with Gasteiger partial charge >= 0.3 is 5.97 Å². The van der Waals surface area contributed by atoms with Crippen molar-refractivity contribution in [3.63, 3.8) is 0 Å². The van der Waals surface area contributed by atoms with E-state index in [2.05, 4.69) is 31.9 Å². The largest absolute Gasteiger partial charge is 0.548 e. The van der Waals surface area contributed by atoms with E-state index < -0.39 is 42.5 Å². The summed E-state index contributed by atoms with van der Waals surface area (Å²) in [7, 11) is 1.87. The number of morpholine rings is 1. The number of anilines is 1. The zero-order valence-corrected chi connectivity index (χ0v) is 35.3. The lowest BCUT2D eigenvalue weighted by molar-refractivity contribution is -0.307. The van der Waals surface area contributed by atoms with E-state index in [0.717, 1.165) is 41.3 Å². The van der Waals surface area contributed by atoms with E-state index in [0.29, 0.717) is 59.3 Å². The second-order valence-corrected chi connectivity index (χ2v) is 18.4. The first-order valence-electron chi connectivity index (χ1n) is 20.5. The number of ether oxygens (including phenoxy) is 3. The van der Waals surface area contributed by atoms with Crippen molar-refractivity contribution in [2.75, 3.05) is 43.7 Å². The van der Waals surface area contributed by atoms with Gasteiger partial charge in [-0.3, -0.25) is 14.3 Å². The highest BCUT2D eigenvalue weighted by Gasteiger charge is 2.63. The number of epoxide rings is 1. The Hall–Kier alpha value is -4.90. The number of nitrogen functional groups attached to an aromatic ring is 1. The number of hydrogen-bond donors (Lipinski definition) is 8. The highest BCUT2D eigenvalue weighted by atomic mass is 32.2. The first-order chi connectivity index (χ1) is 29.8. The van der Waals surface area contributed by atoms with Gasteiger partial charge in [-0.2, -0.15) is 0 Å². The molecular formula is C42H55N9O10S. The predicted octanol–water partition coefficient (Wildman–Crippen LogP) is -0.964. The van der Waals surface area contributed by atoms with E-state index in [4.69, 9.17) is 31.4 Å². The molecule has 0 amide bonds. The number of aromatic hydroxyl groups is 1. The van der Waals surface area contributed by atoms with Gasteiger partial charge in [0.15, 0.2) is 17.7 Å². The lowest BCUT2D eigenvalue weighted by Crippen LogP contribution is -2.48. The second-order valence-electron chi connectivity index (χ2n) is 16.1. The molecule has 7 heterocycles. The van der Waals surface area contributed by atoms with Gasteiger partial charge in [0.05, 0.1) is 25.2 Å². The third-order valence-corrected chi connectivity index (χ3v) is 13.8. The smallest absolute Gasteiger partial charge is 0.316 e. The quantitative estimate of drug-likeness (QED) is 0.0401. The van der Waals surface area contributed by atoms with Crippen molar-refractivity contribution < 1.29 is 49.3 Å². The Morgan fingerprint density at radius 2 is 1.79 bits per heavy atom. The molecule has 0 saturated carbocycles. The number of aromatic amines is 1. The normalized spacial score (nSPS) is 27.6. The molecule has 4 aliphatic heterocycles. The Balaban J connectivity index is 0.000000148. The lowest BCUT2D eigenvalue weighted by atomic mass is 9.97. The summed E-state index contributed by atoms with van der Waals surface area (Å²) in [6.07, 6.45) is 6.20. The number of carboxylic acids is 1. The number of aromatic nitrogens is 5. The van der Waals surface area contributed by atoms with Gasteiger partial charge < -0.3 is 66.7 Å². The summed E-state index contributed by atoms with van der Waals surface area (Å²) in [5.74, 6) is -0.680. The van der Waals surface area contributed by atoms with Crippen LogP contribution in [0.15, 0.2) is 67.4 Å². The maximum Gasteiger partial charge on any atom is 0.316 e. The molecule has 3 aromatic heterocycles. The Morgan fingerprint density at radius 3 is 2.47 bits per heavy atom. The van der Waals surface area contributed by atoms with Crippen LogP contribution < -0.4 is 22.3 Å². The van der Waals surface area contributed by atoms with E-state index >= 15 is 0 Å². The molecule has 4 aliphatic rings. The summed E-state index contributed by atoms with van der Waals surface area (Å²) < 4.78 is 18.8. The molecule has 20 heteroatoms. The summed E-state index contributed by atoms with van der Waals surface area (Å²) in [6.45, 7) is 0.402. The van der Waals surface area contributed by atoms with Crippen LogP contribution in [0.2, 0.25) is 0 Å². The molecule has 11 N–H and O–H groups in total. The number of aliphatic hydroxyl groups excluding tert-OH is 3. The number of carbonyl (C=O) groups is 2. The highest BCUT2D eigenvalue weighted by molar-refractivity contribution is 7.96. The predicted molar refractivity (Wildman–Crippen MR) is 228 cm³/mol.